The van der Waals surface area contributed by atoms with Crippen LogP contribution in [0.3, 0.4) is 0 Å². The minimum absolute atomic E-state index is 0.102. The molecule has 24 heavy (non-hydrogen) atoms. The molecule has 0 aliphatic carbocycles. The van der Waals surface area contributed by atoms with E-state index in [-0.39, 0.29) is 16.6 Å². The zero-order valence-electron chi connectivity index (χ0n) is 12.3. The van der Waals surface area contributed by atoms with Gasteiger partial charge < -0.3 is 5.11 Å². The van der Waals surface area contributed by atoms with Crippen molar-refractivity contribution in [2.45, 2.75) is 10.6 Å². The molecule has 0 saturated carbocycles. The molecule has 136 valence electrons. The second kappa shape index (κ2) is 6.73. The molecule has 1 atom stereocenters. The van der Waals surface area contributed by atoms with E-state index in [1.807, 2.05) is 18.2 Å². The number of rotatable bonds is 3. The van der Waals surface area contributed by atoms with Crippen LogP contribution in [-0.4, -0.2) is 25.5 Å². The van der Waals surface area contributed by atoms with Crippen molar-refractivity contribution in [3.63, 3.8) is 0 Å². The number of phenols is 1. The number of benzene rings is 2. The van der Waals surface area contributed by atoms with Crippen molar-refractivity contribution in [3.8, 4) is 5.75 Å². The molecule has 0 fully saturated rings. The Balaban J connectivity index is 0.000000351. The number of aromatic hydroxyl groups is 1. The van der Waals surface area contributed by atoms with Crippen LogP contribution in [0.15, 0.2) is 53.4 Å². The fraction of sp³-hybridized carbons (Fsp3) is 0.143. The maximum absolute atomic E-state index is 11.1. The summed E-state index contributed by atoms with van der Waals surface area (Å²) in [6, 6.07) is 15.8. The van der Waals surface area contributed by atoms with Crippen molar-refractivity contribution < 1.29 is 25.9 Å². The molecule has 0 saturated heterocycles. The van der Waals surface area contributed by atoms with Crippen LogP contribution in [0.1, 0.15) is 5.56 Å². The van der Waals surface area contributed by atoms with Gasteiger partial charge in [-0.3, -0.25) is 0 Å². The molecule has 2 aromatic carbocycles. The fourth-order valence-corrected chi connectivity index (χ4v) is 3.34. The van der Waals surface area contributed by atoms with Crippen molar-refractivity contribution in [2.24, 2.45) is 0 Å². The van der Waals surface area contributed by atoms with E-state index in [4.69, 9.17) is 11.6 Å². The molecular weight excluding hydrogens is 441 g/mol. The maximum atomic E-state index is 9.91. The molecule has 1 unspecified atom stereocenters. The predicted molar refractivity (Wildman–Crippen MR) is 87.2 cm³/mol. The van der Waals surface area contributed by atoms with Crippen LogP contribution in [0.25, 0.3) is 0 Å². The normalized spacial score (nSPS) is 15.5. The first-order valence-corrected chi connectivity index (χ1v) is 12.8. The van der Waals surface area contributed by atoms with E-state index in [0.29, 0.717) is 5.02 Å². The van der Waals surface area contributed by atoms with Gasteiger partial charge in [-0.1, -0.05) is 41.9 Å². The van der Waals surface area contributed by atoms with Crippen molar-refractivity contribution in [1.29, 1.82) is 0 Å². The van der Waals surface area contributed by atoms with Crippen LogP contribution in [0, 0.1) is 0 Å². The Hall–Kier alpha value is -0.982. The molecule has 10 heteroatoms. The van der Waals surface area contributed by atoms with Crippen LogP contribution in [0.4, 0.5) is 20.8 Å². The molecule has 0 bridgehead atoms. The van der Waals surface area contributed by atoms with Crippen LogP contribution in [0.5, 0.6) is 5.75 Å². The molecule has 0 aliphatic rings. The van der Waals surface area contributed by atoms with Gasteiger partial charge in [-0.25, -0.2) is 0 Å². The van der Waals surface area contributed by atoms with Crippen LogP contribution in [-0.2, 0) is 16.6 Å². The number of hydrogen-bond donors (Lipinski definition) is 1. The summed E-state index contributed by atoms with van der Waals surface area (Å²) in [4.78, 5) is 1.18. The SMILES string of the molecule is C[S+](Cc1ccccc1)c1ccc(O)c(Cl)c1.F[As-](F)(F)(F)(F)F. The fourth-order valence-electron chi connectivity index (χ4n) is 1.61. The van der Waals surface area contributed by atoms with Crippen LogP contribution >= 0.6 is 11.6 Å². The Morgan fingerprint density at radius 2 is 1.46 bits per heavy atom. The molecule has 0 aromatic heterocycles. The van der Waals surface area contributed by atoms with Crippen molar-refractivity contribution in [2.75, 3.05) is 6.26 Å². The molecule has 2 aromatic rings. The Bertz CT molecular complexity index is 682. The number of hydrogen-bond acceptors (Lipinski definition) is 1. The first-order valence-electron chi connectivity index (χ1n) is 6.33. The van der Waals surface area contributed by atoms with E-state index in [2.05, 4.69) is 30.5 Å². The third kappa shape index (κ3) is 10.7. The summed E-state index contributed by atoms with van der Waals surface area (Å²) in [5.74, 6) is 1.15. The Morgan fingerprint density at radius 1 is 0.958 bits per heavy atom. The van der Waals surface area contributed by atoms with Gasteiger partial charge >= 0.3 is 35.0 Å². The van der Waals surface area contributed by atoms with Crippen molar-refractivity contribution in [1.82, 2.24) is 0 Å². The molecule has 0 heterocycles. The Morgan fingerprint density at radius 3 is 1.92 bits per heavy atom. The summed E-state index contributed by atoms with van der Waals surface area (Å²) >= 11 is -5.15. The van der Waals surface area contributed by atoms with Crippen molar-refractivity contribution >= 4 is 36.7 Å². The van der Waals surface area contributed by atoms with Crippen LogP contribution in [0.2, 0.25) is 5.02 Å². The minimum atomic E-state index is -11.1. The Labute approximate surface area is 144 Å². The molecule has 0 radical (unpaired) electrons. The van der Waals surface area contributed by atoms with E-state index in [0.717, 1.165) is 5.75 Å². The average Bonchev–Trinajstić information content (AvgIpc) is 2.39. The summed E-state index contributed by atoms with van der Waals surface area (Å²) in [5, 5.41) is 9.81. The quantitative estimate of drug-likeness (QED) is 0.343. The molecule has 0 spiro atoms. The van der Waals surface area contributed by atoms with Gasteiger partial charge in [-0.05, 0) is 12.1 Å². The molecule has 0 amide bonds. The topological polar surface area (TPSA) is 20.2 Å². The molecular formula is C14H14AsClF6OS. The van der Waals surface area contributed by atoms with Gasteiger partial charge in [0.05, 0.1) is 5.02 Å². The van der Waals surface area contributed by atoms with E-state index < -0.39 is 14.2 Å². The average molecular weight is 455 g/mol. The zero-order chi connectivity index (χ0) is 18.7. The van der Waals surface area contributed by atoms with E-state index >= 15 is 0 Å². The second-order valence-corrected chi connectivity index (χ2v) is 11.3. The summed E-state index contributed by atoms with van der Waals surface area (Å²) in [7, 11) is 0.102. The van der Waals surface area contributed by atoms with Gasteiger partial charge in [0.25, 0.3) is 0 Å². The number of phenolic OH excluding ortho intramolecular Hbond substituents is 1. The second-order valence-electron chi connectivity index (χ2n) is 4.84. The molecule has 1 N–H and O–H groups in total. The van der Waals surface area contributed by atoms with E-state index in [9.17, 15) is 25.9 Å². The van der Waals surface area contributed by atoms with Crippen molar-refractivity contribution in [3.05, 3.63) is 59.1 Å². The monoisotopic (exact) mass is 454 g/mol. The predicted octanol–water partition coefficient (Wildman–Crippen LogP) is 5.99. The molecule has 0 aliphatic heterocycles. The first-order chi connectivity index (χ1) is 10.6. The standard InChI is InChI=1S/C14H13ClOS.AsF6/c1-17(10-11-5-3-2-4-6-11)12-7-8-14(16)13(15)9-12;2-1(3,4,5,6)7/h2-9H,10H2,1H3;/q;-1/p+1. The summed E-state index contributed by atoms with van der Waals surface area (Å²) in [6.45, 7) is 0. The van der Waals surface area contributed by atoms with Gasteiger partial charge in [0, 0.05) is 22.5 Å². The summed E-state index contributed by atoms with van der Waals surface area (Å²) < 4.78 is 59.4. The van der Waals surface area contributed by atoms with Gasteiger partial charge in [0.15, 0.2) is 4.90 Å². The van der Waals surface area contributed by atoms with Gasteiger partial charge in [0.1, 0.15) is 17.8 Å². The van der Waals surface area contributed by atoms with E-state index in [1.165, 1.54) is 10.5 Å². The summed E-state index contributed by atoms with van der Waals surface area (Å²) in [5.41, 5.74) is 1.32. The molecule has 2 rings (SSSR count). The van der Waals surface area contributed by atoms with Gasteiger partial charge in [-0.15, -0.1) is 0 Å². The van der Waals surface area contributed by atoms with E-state index in [1.54, 1.807) is 6.07 Å². The van der Waals surface area contributed by atoms with Gasteiger partial charge in [-0.2, -0.15) is 0 Å². The third-order valence-corrected chi connectivity index (χ3v) is 4.68. The Kier molecular flexibility index (Phi) is 5.91. The first kappa shape index (κ1) is 21.1. The zero-order valence-corrected chi connectivity index (χ0v) is 15.7. The van der Waals surface area contributed by atoms with Gasteiger partial charge in [0.2, 0.25) is 0 Å². The third-order valence-electron chi connectivity index (χ3n) is 2.55. The summed E-state index contributed by atoms with van der Waals surface area (Å²) in [6.07, 6.45) is 2.19. The molecule has 1 nitrogen and oxygen atoms in total. The van der Waals surface area contributed by atoms with Crippen LogP contribution < -0.4 is 0 Å². The number of halogens is 7.